The molecule has 0 bridgehead atoms. The Labute approximate surface area is 88.7 Å². The van der Waals surface area contributed by atoms with Crippen molar-refractivity contribution in [2.45, 2.75) is 26.2 Å². The first-order chi connectivity index (χ1) is 7.13. The zero-order valence-corrected chi connectivity index (χ0v) is 8.69. The first-order valence-corrected chi connectivity index (χ1v) is 4.92. The number of unbranched alkanes of at least 4 members (excludes halogenated alkanes) is 1. The second-order valence-corrected chi connectivity index (χ2v) is 3.30. The Hall–Kier alpha value is -1.71. The zero-order valence-electron chi connectivity index (χ0n) is 8.69. The van der Waals surface area contributed by atoms with E-state index in [1.165, 1.54) is 18.2 Å². The lowest BCUT2D eigenvalue weighted by Gasteiger charge is -2.05. The highest BCUT2D eigenvalue weighted by Gasteiger charge is 2.05. The normalized spacial score (nSPS) is 9.93. The van der Waals surface area contributed by atoms with Crippen molar-refractivity contribution in [1.29, 1.82) is 0 Å². The van der Waals surface area contributed by atoms with E-state index in [1.807, 2.05) is 6.92 Å². The number of nitrogen functional groups attached to an aromatic ring is 1. The smallest absolute Gasteiger partial charge is 0.311 e. The zero-order chi connectivity index (χ0) is 11.3. The number of ether oxygens (including phenoxy) is 1. The average Bonchev–Trinajstić information content (AvgIpc) is 2.20. The molecule has 0 aliphatic rings. The molecule has 0 heterocycles. The maximum absolute atomic E-state index is 11.2. The quantitative estimate of drug-likeness (QED) is 0.344. The fraction of sp³-hybridized carbons (Fsp3) is 0.364. The molecule has 4 nitrogen and oxygen atoms in total. The molecule has 0 spiro atoms. The van der Waals surface area contributed by atoms with E-state index in [0.717, 1.165) is 12.8 Å². The van der Waals surface area contributed by atoms with Gasteiger partial charge in [-0.2, -0.15) is 0 Å². The van der Waals surface area contributed by atoms with Crippen LogP contribution in [0.25, 0.3) is 0 Å². The molecule has 4 heteroatoms. The van der Waals surface area contributed by atoms with Crippen molar-refractivity contribution in [3.05, 3.63) is 18.2 Å². The van der Waals surface area contributed by atoms with E-state index in [1.54, 1.807) is 0 Å². The lowest BCUT2D eigenvalue weighted by Crippen LogP contribution is -2.07. The number of aromatic hydroxyl groups is 1. The second-order valence-electron chi connectivity index (χ2n) is 3.30. The van der Waals surface area contributed by atoms with Crippen LogP contribution >= 0.6 is 0 Å². The molecule has 0 aromatic heterocycles. The summed E-state index contributed by atoms with van der Waals surface area (Å²) in [4.78, 5) is 11.2. The Morgan fingerprint density at radius 3 is 2.87 bits per heavy atom. The van der Waals surface area contributed by atoms with Crippen molar-refractivity contribution in [2.75, 3.05) is 5.73 Å². The van der Waals surface area contributed by atoms with Gasteiger partial charge < -0.3 is 15.6 Å². The average molecular weight is 209 g/mol. The van der Waals surface area contributed by atoms with Crippen molar-refractivity contribution in [1.82, 2.24) is 0 Å². The van der Waals surface area contributed by atoms with Crippen LogP contribution in [0, 0.1) is 0 Å². The topological polar surface area (TPSA) is 72.5 Å². The second kappa shape index (κ2) is 5.24. The van der Waals surface area contributed by atoms with Gasteiger partial charge in [0.05, 0.1) is 5.69 Å². The van der Waals surface area contributed by atoms with Gasteiger partial charge in [0.15, 0.2) is 0 Å². The van der Waals surface area contributed by atoms with E-state index in [9.17, 15) is 4.79 Å². The van der Waals surface area contributed by atoms with Gasteiger partial charge in [-0.05, 0) is 18.6 Å². The van der Waals surface area contributed by atoms with Crippen LogP contribution in [0.2, 0.25) is 0 Å². The van der Waals surface area contributed by atoms with Crippen molar-refractivity contribution in [2.24, 2.45) is 0 Å². The van der Waals surface area contributed by atoms with Gasteiger partial charge in [-0.3, -0.25) is 4.79 Å². The van der Waals surface area contributed by atoms with Crippen LogP contribution in [0.1, 0.15) is 26.2 Å². The summed E-state index contributed by atoms with van der Waals surface area (Å²) in [5.74, 6) is 0.0803. The number of hydrogen-bond acceptors (Lipinski definition) is 4. The maximum atomic E-state index is 11.2. The minimum absolute atomic E-state index is 0.0108. The molecule has 0 amide bonds. The number of phenols is 1. The van der Waals surface area contributed by atoms with Crippen molar-refractivity contribution in [3.8, 4) is 11.5 Å². The predicted octanol–water partition coefficient (Wildman–Crippen LogP) is 2.07. The highest BCUT2D eigenvalue weighted by Crippen LogP contribution is 2.25. The van der Waals surface area contributed by atoms with Gasteiger partial charge >= 0.3 is 5.97 Å². The van der Waals surface area contributed by atoms with Gasteiger partial charge in [0.2, 0.25) is 0 Å². The van der Waals surface area contributed by atoms with E-state index >= 15 is 0 Å². The summed E-state index contributed by atoms with van der Waals surface area (Å²) < 4.78 is 5.02. The van der Waals surface area contributed by atoms with Crippen molar-refractivity contribution >= 4 is 11.7 Å². The highest BCUT2D eigenvalue weighted by atomic mass is 16.5. The molecule has 0 aliphatic carbocycles. The summed E-state index contributed by atoms with van der Waals surface area (Å²) in [5.41, 5.74) is 5.66. The third-order valence-corrected chi connectivity index (χ3v) is 1.97. The lowest BCUT2D eigenvalue weighted by atomic mass is 10.2. The molecule has 0 fully saturated rings. The monoisotopic (exact) mass is 209 g/mol. The van der Waals surface area contributed by atoms with Crippen LogP contribution in [-0.2, 0) is 4.79 Å². The largest absolute Gasteiger partial charge is 0.506 e. The Morgan fingerprint density at radius 1 is 1.53 bits per heavy atom. The molecule has 82 valence electrons. The van der Waals surface area contributed by atoms with Gasteiger partial charge in [0.1, 0.15) is 11.5 Å². The van der Waals surface area contributed by atoms with E-state index < -0.39 is 0 Å². The van der Waals surface area contributed by atoms with Gasteiger partial charge in [-0.15, -0.1) is 0 Å². The number of carbonyl (C=O) groups is 1. The molecule has 1 rings (SSSR count). The van der Waals surface area contributed by atoms with Gasteiger partial charge in [0, 0.05) is 12.5 Å². The number of phenolic OH excluding ortho intramolecular Hbond substituents is 1. The highest BCUT2D eigenvalue weighted by molar-refractivity contribution is 5.73. The SMILES string of the molecule is CCCCC(=O)Oc1ccc(O)c(N)c1. The number of esters is 1. The van der Waals surface area contributed by atoms with Crippen molar-refractivity contribution < 1.29 is 14.6 Å². The van der Waals surface area contributed by atoms with Crippen LogP contribution in [0.3, 0.4) is 0 Å². The van der Waals surface area contributed by atoms with Crippen LogP contribution in [-0.4, -0.2) is 11.1 Å². The summed E-state index contributed by atoms with van der Waals surface area (Å²) in [6, 6.07) is 4.34. The van der Waals surface area contributed by atoms with E-state index in [4.69, 9.17) is 15.6 Å². The van der Waals surface area contributed by atoms with Crippen LogP contribution in [0.15, 0.2) is 18.2 Å². The number of nitrogens with two attached hydrogens (primary N) is 1. The lowest BCUT2D eigenvalue weighted by molar-refractivity contribution is -0.134. The molecule has 0 saturated heterocycles. The summed E-state index contributed by atoms with van der Waals surface area (Å²) in [6.45, 7) is 2.01. The molecule has 0 unspecified atom stereocenters. The van der Waals surface area contributed by atoms with E-state index in [2.05, 4.69) is 0 Å². The molecular weight excluding hydrogens is 194 g/mol. The fourth-order valence-electron chi connectivity index (χ4n) is 1.10. The van der Waals surface area contributed by atoms with Crippen LogP contribution < -0.4 is 10.5 Å². The fourth-order valence-corrected chi connectivity index (χ4v) is 1.10. The summed E-state index contributed by atoms with van der Waals surface area (Å²) in [7, 11) is 0. The first-order valence-electron chi connectivity index (χ1n) is 4.92. The molecule has 0 atom stereocenters. The number of anilines is 1. The number of benzene rings is 1. The minimum atomic E-state index is -0.276. The maximum Gasteiger partial charge on any atom is 0.311 e. The molecule has 15 heavy (non-hydrogen) atoms. The third kappa shape index (κ3) is 3.50. The number of hydrogen-bond donors (Lipinski definition) is 2. The standard InChI is InChI=1S/C11H15NO3/c1-2-3-4-11(14)15-8-5-6-10(13)9(12)7-8/h5-7,13H,2-4,12H2,1H3. The Kier molecular flexibility index (Phi) is 3.97. The molecule has 0 saturated carbocycles. The van der Waals surface area contributed by atoms with Crippen LogP contribution in [0.5, 0.6) is 11.5 Å². The van der Waals surface area contributed by atoms with Crippen molar-refractivity contribution in [3.63, 3.8) is 0 Å². The van der Waals surface area contributed by atoms with Gasteiger partial charge in [-0.1, -0.05) is 13.3 Å². The summed E-state index contributed by atoms with van der Waals surface area (Å²) >= 11 is 0. The summed E-state index contributed by atoms with van der Waals surface area (Å²) in [6.07, 6.45) is 2.16. The Morgan fingerprint density at radius 2 is 2.27 bits per heavy atom. The molecule has 1 aromatic carbocycles. The molecule has 1 aromatic rings. The van der Waals surface area contributed by atoms with E-state index in [-0.39, 0.29) is 17.4 Å². The number of rotatable bonds is 4. The first kappa shape index (κ1) is 11.4. The van der Waals surface area contributed by atoms with Gasteiger partial charge in [0.25, 0.3) is 0 Å². The number of carbonyl (C=O) groups excluding carboxylic acids is 1. The molecule has 0 radical (unpaired) electrons. The van der Waals surface area contributed by atoms with Gasteiger partial charge in [-0.25, -0.2) is 0 Å². The molecule has 0 aliphatic heterocycles. The van der Waals surface area contributed by atoms with Crippen LogP contribution in [0.4, 0.5) is 5.69 Å². The predicted molar refractivity (Wildman–Crippen MR) is 57.7 cm³/mol. The Bertz CT molecular complexity index is 350. The molecule has 3 N–H and O–H groups in total. The summed E-state index contributed by atoms with van der Waals surface area (Å²) in [5, 5.41) is 9.15. The Balaban J connectivity index is 2.57. The molecular formula is C11H15NO3. The third-order valence-electron chi connectivity index (χ3n) is 1.97. The minimum Gasteiger partial charge on any atom is -0.506 e. The van der Waals surface area contributed by atoms with E-state index in [0.29, 0.717) is 12.2 Å².